The van der Waals surface area contributed by atoms with Gasteiger partial charge in [0.2, 0.25) is 0 Å². The lowest BCUT2D eigenvalue weighted by molar-refractivity contribution is -0.152. The fourth-order valence-corrected chi connectivity index (χ4v) is 1.98. The molecule has 1 atom stereocenters. The molecule has 0 bridgehead atoms. The molecule has 92 valence electrons. The number of phenols is 1. The van der Waals surface area contributed by atoms with Crippen molar-refractivity contribution in [1.29, 1.82) is 0 Å². The first kappa shape index (κ1) is 12.0. The van der Waals surface area contributed by atoms with Gasteiger partial charge >= 0.3 is 5.97 Å². The molecule has 0 saturated heterocycles. The Balaban J connectivity index is 2.18. The lowest BCUT2D eigenvalue weighted by atomic mass is 10.0. The SMILES string of the molecule is CCOC(=O)C1CCc2cc(Cl)c(O)cc2O1. The first-order valence-electron chi connectivity index (χ1n) is 5.46. The van der Waals surface area contributed by atoms with E-state index in [-0.39, 0.29) is 11.7 Å². The summed E-state index contributed by atoms with van der Waals surface area (Å²) in [5.41, 5.74) is 0.897. The Morgan fingerprint density at radius 3 is 3.12 bits per heavy atom. The highest BCUT2D eigenvalue weighted by atomic mass is 35.5. The number of hydrogen-bond acceptors (Lipinski definition) is 4. The van der Waals surface area contributed by atoms with Crippen molar-refractivity contribution >= 4 is 17.6 Å². The van der Waals surface area contributed by atoms with Crippen LogP contribution in [0.1, 0.15) is 18.9 Å². The van der Waals surface area contributed by atoms with Crippen LogP contribution < -0.4 is 4.74 Å². The number of hydrogen-bond donors (Lipinski definition) is 1. The van der Waals surface area contributed by atoms with E-state index in [9.17, 15) is 9.90 Å². The second-order valence-electron chi connectivity index (χ2n) is 3.81. The monoisotopic (exact) mass is 256 g/mol. The Bertz CT molecular complexity index is 444. The smallest absolute Gasteiger partial charge is 0.347 e. The van der Waals surface area contributed by atoms with Crippen LogP contribution in [0.25, 0.3) is 0 Å². The van der Waals surface area contributed by atoms with Crippen LogP contribution in [0.4, 0.5) is 0 Å². The zero-order chi connectivity index (χ0) is 12.4. The molecule has 0 fully saturated rings. The van der Waals surface area contributed by atoms with Gasteiger partial charge in [0.15, 0.2) is 6.10 Å². The summed E-state index contributed by atoms with van der Waals surface area (Å²) < 4.78 is 10.4. The van der Waals surface area contributed by atoms with Crippen LogP contribution >= 0.6 is 11.6 Å². The average molecular weight is 257 g/mol. The highest BCUT2D eigenvalue weighted by Crippen LogP contribution is 2.36. The highest BCUT2D eigenvalue weighted by Gasteiger charge is 2.27. The standard InChI is InChI=1S/C12H13ClO4/c1-2-16-12(15)10-4-3-7-5-8(13)9(14)6-11(7)17-10/h5-6,10,14H,2-4H2,1H3. The summed E-state index contributed by atoms with van der Waals surface area (Å²) in [4.78, 5) is 11.5. The van der Waals surface area contributed by atoms with Crippen LogP contribution in [-0.4, -0.2) is 23.8 Å². The van der Waals surface area contributed by atoms with Crippen molar-refractivity contribution in [2.24, 2.45) is 0 Å². The maximum Gasteiger partial charge on any atom is 0.347 e. The minimum Gasteiger partial charge on any atom is -0.506 e. The Hall–Kier alpha value is -1.42. The quantitative estimate of drug-likeness (QED) is 0.825. The van der Waals surface area contributed by atoms with E-state index in [1.54, 1.807) is 13.0 Å². The molecule has 1 unspecified atom stereocenters. The summed E-state index contributed by atoms with van der Waals surface area (Å²) in [5.74, 6) is 0.0821. The number of fused-ring (bicyclic) bond motifs is 1. The van der Waals surface area contributed by atoms with Crippen molar-refractivity contribution in [3.05, 3.63) is 22.7 Å². The second kappa shape index (κ2) is 4.84. The molecule has 1 aromatic rings. The Kier molecular flexibility index (Phi) is 3.43. The number of benzene rings is 1. The van der Waals surface area contributed by atoms with E-state index in [4.69, 9.17) is 21.1 Å². The molecular formula is C12H13ClO4. The first-order valence-corrected chi connectivity index (χ1v) is 5.84. The summed E-state index contributed by atoms with van der Waals surface area (Å²) >= 11 is 5.80. The molecule has 1 aromatic carbocycles. The van der Waals surface area contributed by atoms with E-state index in [1.165, 1.54) is 6.07 Å². The van der Waals surface area contributed by atoms with Crippen LogP contribution in [0, 0.1) is 0 Å². The van der Waals surface area contributed by atoms with E-state index in [0.29, 0.717) is 30.2 Å². The van der Waals surface area contributed by atoms with Crippen LogP contribution in [0.15, 0.2) is 12.1 Å². The van der Waals surface area contributed by atoms with E-state index >= 15 is 0 Å². The second-order valence-corrected chi connectivity index (χ2v) is 4.22. The maximum absolute atomic E-state index is 11.5. The van der Waals surface area contributed by atoms with Gasteiger partial charge in [-0.15, -0.1) is 0 Å². The zero-order valence-electron chi connectivity index (χ0n) is 9.40. The Morgan fingerprint density at radius 1 is 1.65 bits per heavy atom. The molecule has 0 saturated carbocycles. The van der Waals surface area contributed by atoms with Crippen LogP contribution in [0.5, 0.6) is 11.5 Å². The number of halogens is 1. The molecule has 1 aliphatic rings. The van der Waals surface area contributed by atoms with Crippen LogP contribution in [0.3, 0.4) is 0 Å². The number of ether oxygens (including phenoxy) is 2. The highest BCUT2D eigenvalue weighted by molar-refractivity contribution is 6.32. The molecule has 4 nitrogen and oxygen atoms in total. The lowest BCUT2D eigenvalue weighted by Gasteiger charge is -2.24. The number of rotatable bonds is 2. The molecule has 2 rings (SSSR count). The molecule has 1 heterocycles. The van der Waals surface area contributed by atoms with Gasteiger partial charge < -0.3 is 14.6 Å². The normalized spacial score (nSPS) is 18.1. The number of phenolic OH excluding ortho intramolecular Hbond substituents is 1. The minimum absolute atomic E-state index is 0.0464. The maximum atomic E-state index is 11.5. The predicted molar refractivity (Wildman–Crippen MR) is 62.5 cm³/mol. The molecule has 1 aliphatic heterocycles. The van der Waals surface area contributed by atoms with Crippen molar-refractivity contribution in [3.63, 3.8) is 0 Å². The predicted octanol–water partition coefficient (Wildman–Crippen LogP) is 2.30. The van der Waals surface area contributed by atoms with Crippen molar-refractivity contribution < 1.29 is 19.4 Å². The number of esters is 1. The summed E-state index contributed by atoms with van der Waals surface area (Å²) in [5, 5.41) is 9.77. The topological polar surface area (TPSA) is 55.8 Å². The lowest BCUT2D eigenvalue weighted by Crippen LogP contribution is -2.32. The van der Waals surface area contributed by atoms with Gasteiger partial charge in [-0.05, 0) is 31.4 Å². The summed E-state index contributed by atoms with van der Waals surface area (Å²) in [6.45, 7) is 2.08. The third-order valence-corrected chi connectivity index (χ3v) is 2.93. The van der Waals surface area contributed by atoms with Gasteiger partial charge in [-0.25, -0.2) is 4.79 Å². The van der Waals surface area contributed by atoms with Crippen molar-refractivity contribution in [3.8, 4) is 11.5 Å². The van der Waals surface area contributed by atoms with E-state index in [2.05, 4.69) is 0 Å². The van der Waals surface area contributed by atoms with Gasteiger partial charge in [0.25, 0.3) is 0 Å². The van der Waals surface area contributed by atoms with Crippen molar-refractivity contribution in [1.82, 2.24) is 0 Å². The van der Waals surface area contributed by atoms with Crippen molar-refractivity contribution in [2.45, 2.75) is 25.9 Å². The number of carbonyl (C=O) groups excluding carboxylic acids is 1. The third kappa shape index (κ3) is 2.47. The largest absolute Gasteiger partial charge is 0.506 e. The van der Waals surface area contributed by atoms with Gasteiger partial charge in [0.1, 0.15) is 11.5 Å². The van der Waals surface area contributed by atoms with E-state index < -0.39 is 6.10 Å². The van der Waals surface area contributed by atoms with Crippen LogP contribution in [-0.2, 0) is 16.0 Å². The van der Waals surface area contributed by atoms with E-state index in [1.807, 2.05) is 0 Å². The van der Waals surface area contributed by atoms with Gasteiger partial charge in [-0.3, -0.25) is 0 Å². The fraction of sp³-hybridized carbons (Fsp3) is 0.417. The zero-order valence-corrected chi connectivity index (χ0v) is 10.2. The Labute approximate surface area is 104 Å². The van der Waals surface area contributed by atoms with Gasteiger partial charge in [0.05, 0.1) is 11.6 Å². The van der Waals surface area contributed by atoms with Gasteiger partial charge in [0, 0.05) is 6.07 Å². The minimum atomic E-state index is -0.594. The van der Waals surface area contributed by atoms with Crippen LogP contribution in [0.2, 0.25) is 5.02 Å². The Morgan fingerprint density at radius 2 is 2.41 bits per heavy atom. The molecule has 0 spiro atoms. The molecule has 0 aliphatic carbocycles. The molecule has 1 N–H and O–H groups in total. The number of aryl methyl sites for hydroxylation is 1. The molecule has 0 radical (unpaired) electrons. The van der Waals surface area contributed by atoms with E-state index in [0.717, 1.165) is 5.56 Å². The molecule has 0 amide bonds. The molecular weight excluding hydrogens is 244 g/mol. The first-order chi connectivity index (χ1) is 8.11. The van der Waals surface area contributed by atoms with Gasteiger partial charge in [-0.2, -0.15) is 0 Å². The molecule has 17 heavy (non-hydrogen) atoms. The fourth-order valence-electron chi connectivity index (χ4n) is 1.79. The average Bonchev–Trinajstić information content (AvgIpc) is 2.30. The van der Waals surface area contributed by atoms with Gasteiger partial charge in [-0.1, -0.05) is 11.6 Å². The summed E-state index contributed by atoms with van der Waals surface area (Å²) in [6, 6.07) is 3.09. The third-order valence-electron chi connectivity index (χ3n) is 2.62. The number of aromatic hydroxyl groups is 1. The number of carbonyl (C=O) groups is 1. The summed E-state index contributed by atoms with van der Waals surface area (Å²) in [7, 11) is 0. The van der Waals surface area contributed by atoms with Crippen molar-refractivity contribution in [2.75, 3.05) is 6.61 Å². The molecule has 5 heteroatoms. The summed E-state index contributed by atoms with van der Waals surface area (Å²) in [6.07, 6.45) is 0.647. The molecule has 0 aromatic heterocycles.